The summed E-state index contributed by atoms with van der Waals surface area (Å²) in [6, 6.07) is 6.99. The standard InChI is InChI=1S/C13H12BrClN2O/c1-18-12-3-2-10(15)5-11(12)13(16)8-4-9(14)7-17-6-8/h2-7,13H,16H2,1H3. The van der Waals surface area contributed by atoms with Gasteiger partial charge in [-0.1, -0.05) is 11.6 Å². The Hall–Kier alpha value is -1.10. The second kappa shape index (κ2) is 5.69. The molecule has 1 aromatic heterocycles. The number of benzene rings is 1. The van der Waals surface area contributed by atoms with E-state index in [0.29, 0.717) is 10.8 Å². The second-order valence-corrected chi connectivity index (χ2v) is 5.15. The number of hydrogen-bond acceptors (Lipinski definition) is 3. The molecule has 0 aliphatic heterocycles. The highest BCUT2D eigenvalue weighted by molar-refractivity contribution is 9.10. The molecule has 3 nitrogen and oxygen atoms in total. The molecule has 5 heteroatoms. The van der Waals surface area contributed by atoms with Crippen LogP contribution in [0.5, 0.6) is 5.75 Å². The molecule has 2 rings (SSSR count). The lowest BCUT2D eigenvalue weighted by atomic mass is 10.0. The van der Waals surface area contributed by atoms with Gasteiger partial charge in [0.2, 0.25) is 0 Å². The summed E-state index contributed by atoms with van der Waals surface area (Å²) in [6.45, 7) is 0. The van der Waals surface area contributed by atoms with Gasteiger partial charge in [0.05, 0.1) is 13.2 Å². The lowest BCUT2D eigenvalue weighted by Gasteiger charge is -2.16. The Morgan fingerprint density at radius 1 is 1.33 bits per heavy atom. The zero-order chi connectivity index (χ0) is 13.1. The normalized spacial score (nSPS) is 12.2. The van der Waals surface area contributed by atoms with E-state index < -0.39 is 0 Å². The van der Waals surface area contributed by atoms with Crippen molar-refractivity contribution in [2.75, 3.05) is 7.11 Å². The Bertz CT molecular complexity index is 562. The first-order valence-corrected chi connectivity index (χ1v) is 6.48. The number of halogens is 2. The molecule has 0 saturated carbocycles. The number of ether oxygens (including phenoxy) is 1. The van der Waals surface area contributed by atoms with Crippen molar-refractivity contribution in [3.63, 3.8) is 0 Å². The lowest BCUT2D eigenvalue weighted by Crippen LogP contribution is -2.13. The van der Waals surface area contributed by atoms with E-state index in [1.165, 1.54) is 0 Å². The van der Waals surface area contributed by atoms with Gasteiger partial charge in [-0.05, 0) is 45.8 Å². The van der Waals surface area contributed by atoms with Crippen molar-refractivity contribution in [3.05, 3.63) is 57.3 Å². The van der Waals surface area contributed by atoms with Gasteiger partial charge in [-0.3, -0.25) is 4.98 Å². The van der Waals surface area contributed by atoms with Crippen molar-refractivity contribution in [1.82, 2.24) is 4.98 Å². The minimum atomic E-state index is -0.330. The van der Waals surface area contributed by atoms with Crippen molar-refractivity contribution in [1.29, 1.82) is 0 Å². The van der Waals surface area contributed by atoms with Crippen LogP contribution in [0.3, 0.4) is 0 Å². The Balaban J connectivity index is 2.44. The van der Waals surface area contributed by atoms with Crippen LogP contribution in [-0.2, 0) is 0 Å². The van der Waals surface area contributed by atoms with Gasteiger partial charge in [-0.15, -0.1) is 0 Å². The van der Waals surface area contributed by atoms with Crippen LogP contribution in [0.1, 0.15) is 17.2 Å². The number of aromatic nitrogens is 1. The molecule has 0 saturated heterocycles. The Labute approximate surface area is 119 Å². The predicted octanol–water partition coefficient (Wildman–Crippen LogP) is 3.55. The zero-order valence-corrected chi connectivity index (χ0v) is 12.1. The summed E-state index contributed by atoms with van der Waals surface area (Å²) in [4.78, 5) is 4.11. The molecule has 0 spiro atoms. The Morgan fingerprint density at radius 2 is 2.11 bits per heavy atom. The molecule has 1 atom stereocenters. The van der Waals surface area contributed by atoms with Crippen molar-refractivity contribution >= 4 is 27.5 Å². The fraction of sp³-hybridized carbons (Fsp3) is 0.154. The van der Waals surface area contributed by atoms with Crippen LogP contribution < -0.4 is 10.5 Å². The molecule has 0 fully saturated rings. The first-order valence-electron chi connectivity index (χ1n) is 5.31. The number of hydrogen-bond donors (Lipinski definition) is 1. The monoisotopic (exact) mass is 326 g/mol. The summed E-state index contributed by atoms with van der Waals surface area (Å²) >= 11 is 9.38. The first kappa shape index (κ1) is 13.3. The van der Waals surface area contributed by atoms with Gasteiger partial charge in [0.1, 0.15) is 5.75 Å². The van der Waals surface area contributed by atoms with Gasteiger partial charge >= 0.3 is 0 Å². The molecular formula is C13H12BrClN2O. The Kier molecular flexibility index (Phi) is 4.22. The number of rotatable bonds is 3. The fourth-order valence-corrected chi connectivity index (χ4v) is 2.29. The van der Waals surface area contributed by atoms with E-state index in [1.807, 2.05) is 18.2 Å². The molecule has 2 N–H and O–H groups in total. The zero-order valence-electron chi connectivity index (χ0n) is 9.73. The molecule has 1 aromatic carbocycles. The Morgan fingerprint density at radius 3 is 2.78 bits per heavy atom. The number of pyridine rings is 1. The average molecular weight is 328 g/mol. The van der Waals surface area contributed by atoms with Gasteiger partial charge in [0, 0.05) is 27.5 Å². The van der Waals surface area contributed by atoms with Crippen LogP contribution in [0.15, 0.2) is 41.1 Å². The van der Waals surface area contributed by atoms with Crippen LogP contribution in [0.4, 0.5) is 0 Å². The average Bonchev–Trinajstić information content (AvgIpc) is 2.38. The van der Waals surface area contributed by atoms with E-state index in [-0.39, 0.29) is 6.04 Å². The van der Waals surface area contributed by atoms with Crippen molar-refractivity contribution in [3.8, 4) is 5.75 Å². The fourth-order valence-electron chi connectivity index (χ4n) is 1.73. The summed E-state index contributed by atoms with van der Waals surface area (Å²) in [6.07, 6.45) is 3.45. The summed E-state index contributed by atoms with van der Waals surface area (Å²) < 4.78 is 6.19. The third-order valence-corrected chi connectivity index (χ3v) is 3.28. The molecular weight excluding hydrogens is 316 g/mol. The van der Waals surface area contributed by atoms with Crippen molar-refractivity contribution < 1.29 is 4.74 Å². The molecule has 1 unspecified atom stereocenters. The highest BCUT2D eigenvalue weighted by Gasteiger charge is 2.15. The van der Waals surface area contributed by atoms with Gasteiger partial charge in [-0.2, -0.15) is 0 Å². The lowest BCUT2D eigenvalue weighted by molar-refractivity contribution is 0.408. The van der Waals surface area contributed by atoms with E-state index in [0.717, 1.165) is 15.6 Å². The van der Waals surface area contributed by atoms with Crippen LogP contribution in [0.2, 0.25) is 5.02 Å². The van der Waals surface area contributed by atoms with Crippen molar-refractivity contribution in [2.24, 2.45) is 5.73 Å². The number of nitrogens with zero attached hydrogens (tertiary/aromatic N) is 1. The predicted molar refractivity (Wildman–Crippen MR) is 76.0 cm³/mol. The van der Waals surface area contributed by atoms with Crippen molar-refractivity contribution in [2.45, 2.75) is 6.04 Å². The quantitative estimate of drug-likeness (QED) is 0.938. The molecule has 0 amide bonds. The van der Waals surface area contributed by atoms with Gasteiger partial charge in [-0.25, -0.2) is 0 Å². The topological polar surface area (TPSA) is 48.1 Å². The van der Waals surface area contributed by atoms with Crippen LogP contribution in [-0.4, -0.2) is 12.1 Å². The van der Waals surface area contributed by atoms with Gasteiger partial charge < -0.3 is 10.5 Å². The third kappa shape index (κ3) is 2.83. The van der Waals surface area contributed by atoms with Crippen LogP contribution in [0.25, 0.3) is 0 Å². The van der Waals surface area contributed by atoms with Gasteiger partial charge in [0.25, 0.3) is 0 Å². The summed E-state index contributed by atoms with van der Waals surface area (Å²) in [7, 11) is 1.61. The summed E-state index contributed by atoms with van der Waals surface area (Å²) in [5.74, 6) is 0.715. The van der Waals surface area contributed by atoms with Crippen LogP contribution >= 0.6 is 27.5 Å². The second-order valence-electron chi connectivity index (χ2n) is 3.80. The highest BCUT2D eigenvalue weighted by atomic mass is 79.9. The largest absolute Gasteiger partial charge is 0.496 e. The third-order valence-electron chi connectivity index (χ3n) is 2.61. The van der Waals surface area contributed by atoms with E-state index in [2.05, 4.69) is 20.9 Å². The smallest absolute Gasteiger partial charge is 0.124 e. The van der Waals surface area contributed by atoms with E-state index in [9.17, 15) is 0 Å². The molecule has 0 radical (unpaired) electrons. The maximum absolute atomic E-state index is 6.23. The van der Waals surface area contributed by atoms with E-state index in [1.54, 1.807) is 25.6 Å². The minimum absolute atomic E-state index is 0.330. The molecule has 0 bridgehead atoms. The molecule has 2 aromatic rings. The van der Waals surface area contributed by atoms with Gasteiger partial charge in [0.15, 0.2) is 0 Å². The SMILES string of the molecule is COc1ccc(Cl)cc1C(N)c1cncc(Br)c1. The molecule has 0 aliphatic carbocycles. The van der Waals surface area contributed by atoms with E-state index >= 15 is 0 Å². The molecule has 94 valence electrons. The summed E-state index contributed by atoms with van der Waals surface area (Å²) in [5, 5.41) is 0.629. The molecule has 0 aliphatic rings. The highest BCUT2D eigenvalue weighted by Crippen LogP contribution is 2.31. The number of nitrogens with two attached hydrogens (primary N) is 1. The molecule has 1 heterocycles. The minimum Gasteiger partial charge on any atom is -0.496 e. The van der Waals surface area contributed by atoms with E-state index in [4.69, 9.17) is 22.1 Å². The number of methoxy groups -OCH3 is 1. The maximum atomic E-state index is 6.23. The molecule has 18 heavy (non-hydrogen) atoms. The maximum Gasteiger partial charge on any atom is 0.124 e. The first-order chi connectivity index (χ1) is 8.61. The summed E-state index contributed by atoms with van der Waals surface area (Å²) in [5.41, 5.74) is 7.96. The van der Waals surface area contributed by atoms with Crippen LogP contribution in [0, 0.1) is 0 Å².